The van der Waals surface area contributed by atoms with Gasteiger partial charge in [0.05, 0.1) is 6.04 Å². The van der Waals surface area contributed by atoms with Crippen LogP contribution in [0.4, 0.5) is 0 Å². The summed E-state index contributed by atoms with van der Waals surface area (Å²) >= 11 is 0. The van der Waals surface area contributed by atoms with Crippen molar-refractivity contribution in [1.82, 2.24) is 20.5 Å². The van der Waals surface area contributed by atoms with Crippen molar-refractivity contribution in [1.29, 1.82) is 0 Å². The number of pyridine rings is 1. The van der Waals surface area contributed by atoms with Crippen LogP contribution in [0.2, 0.25) is 0 Å². The second-order valence-electron chi connectivity index (χ2n) is 5.47. The average Bonchev–Trinajstić information content (AvgIpc) is 3.18. The standard InChI is InChI=1S/C16H20N4O2/c1-2-4-12-9-14(20-19-12)16(21)18-13-6-8-22-15(13)11-5-3-7-17-10-11/h3,5,7,9-10,13,15H,2,4,6,8H2,1H3,(H,18,21)(H,19,20)/t13-,15+/m0/s1. The van der Waals surface area contributed by atoms with Gasteiger partial charge in [0, 0.05) is 30.3 Å². The number of amides is 1. The Bertz CT molecular complexity index is 626. The van der Waals surface area contributed by atoms with E-state index in [0.717, 1.165) is 30.5 Å². The van der Waals surface area contributed by atoms with E-state index in [1.54, 1.807) is 12.4 Å². The van der Waals surface area contributed by atoms with Gasteiger partial charge < -0.3 is 10.1 Å². The maximum Gasteiger partial charge on any atom is 0.272 e. The number of ether oxygens (including phenoxy) is 1. The molecule has 0 spiro atoms. The smallest absolute Gasteiger partial charge is 0.272 e. The second kappa shape index (κ2) is 6.70. The molecule has 1 aliphatic rings. The highest BCUT2D eigenvalue weighted by molar-refractivity contribution is 5.92. The molecule has 22 heavy (non-hydrogen) atoms. The molecule has 1 aliphatic heterocycles. The molecule has 6 nitrogen and oxygen atoms in total. The van der Waals surface area contributed by atoms with E-state index in [0.29, 0.717) is 12.3 Å². The fourth-order valence-corrected chi connectivity index (χ4v) is 2.73. The van der Waals surface area contributed by atoms with Crippen molar-refractivity contribution in [2.24, 2.45) is 0 Å². The SMILES string of the molecule is CCCc1cc(C(=O)N[C@H]2CCO[C@@H]2c2cccnc2)n[nH]1. The summed E-state index contributed by atoms with van der Waals surface area (Å²) in [4.78, 5) is 16.4. The summed E-state index contributed by atoms with van der Waals surface area (Å²) in [5.74, 6) is -0.164. The van der Waals surface area contributed by atoms with Crippen LogP contribution in [0.5, 0.6) is 0 Å². The van der Waals surface area contributed by atoms with Crippen LogP contribution in [0.25, 0.3) is 0 Å². The first-order valence-electron chi connectivity index (χ1n) is 7.64. The molecule has 0 aromatic carbocycles. The first-order valence-corrected chi connectivity index (χ1v) is 7.64. The number of hydrogen-bond acceptors (Lipinski definition) is 4. The van der Waals surface area contributed by atoms with E-state index >= 15 is 0 Å². The van der Waals surface area contributed by atoms with E-state index in [9.17, 15) is 4.79 Å². The zero-order chi connectivity index (χ0) is 15.4. The molecule has 0 bridgehead atoms. The molecule has 1 saturated heterocycles. The highest BCUT2D eigenvalue weighted by Crippen LogP contribution is 2.28. The molecule has 3 heterocycles. The van der Waals surface area contributed by atoms with Crippen molar-refractivity contribution in [3.05, 3.63) is 47.5 Å². The van der Waals surface area contributed by atoms with E-state index in [-0.39, 0.29) is 18.1 Å². The summed E-state index contributed by atoms with van der Waals surface area (Å²) in [5, 5.41) is 10.0. The van der Waals surface area contributed by atoms with Crippen molar-refractivity contribution in [3.8, 4) is 0 Å². The highest BCUT2D eigenvalue weighted by atomic mass is 16.5. The number of carbonyl (C=O) groups is 1. The number of aromatic nitrogens is 3. The summed E-state index contributed by atoms with van der Waals surface area (Å²) in [6.45, 7) is 2.72. The van der Waals surface area contributed by atoms with Gasteiger partial charge >= 0.3 is 0 Å². The van der Waals surface area contributed by atoms with Crippen LogP contribution in [0.3, 0.4) is 0 Å². The largest absolute Gasteiger partial charge is 0.371 e. The Balaban J connectivity index is 1.67. The monoisotopic (exact) mass is 300 g/mol. The zero-order valence-corrected chi connectivity index (χ0v) is 12.6. The Hall–Kier alpha value is -2.21. The number of nitrogens with one attached hydrogen (secondary N) is 2. The molecule has 3 rings (SSSR count). The number of nitrogens with zero attached hydrogens (tertiary/aromatic N) is 2. The first-order chi connectivity index (χ1) is 10.8. The number of carbonyl (C=O) groups excluding carboxylic acids is 1. The number of H-pyrrole nitrogens is 1. The fraction of sp³-hybridized carbons (Fsp3) is 0.438. The fourth-order valence-electron chi connectivity index (χ4n) is 2.73. The maximum atomic E-state index is 12.3. The van der Waals surface area contributed by atoms with Crippen molar-refractivity contribution in [2.45, 2.75) is 38.3 Å². The van der Waals surface area contributed by atoms with Gasteiger partial charge in [-0.15, -0.1) is 0 Å². The Labute approximate surface area is 129 Å². The van der Waals surface area contributed by atoms with E-state index in [2.05, 4.69) is 27.4 Å². The molecule has 0 saturated carbocycles. The molecule has 116 valence electrons. The van der Waals surface area contributed by atoms with Crippen molar-refractivity contribution in [3.63, 3.8) is 0 Å². The topological polar surface area (TPSA) is 79.9 Å². The minimum atomic E-state index is -0.164. The molecule has 2 aromatic rings. The zero-order valence-electron chi connectivity index (χ0n) is 12.6. The van der Waals surface area contributed by atoms with Gasteiger partial charge in [0.2, 0.25) is 0 Å². The average molecular weight is 300 g/mol. The van der Waals surface area contributed by atoms with E-state index < -0.39 is 0 Å². The van der Waals surface area contributed by atoms with Gasteiger partial charge in [0.25, 0.3) is 5.91 Å². The Morgan fingerprint density at radius 3 is 3.23 bits per heavy atom. The molecule has 1 amide bonds. The number of hydrogen-bond donors (Lipinski definition) is 2. The maximum absolute atomic E-state index is 12.3. The van der Waals surface area contributed by atoms with Gasteiger partial charge in [0.15, 0.2) is 0 Å². The molecule has 1 fully saturated rings. The molecule has 2 atom stereocenters. The summed E-state index contributed by atoms with van der Waals surface area (Å²) in [6, 6.07) is 5.60. The number of rotatable bonds is 5. The van der Waals surface area contributed by atoms with Crippen molar-refractivity contribution < 1.29 is 9.53 Å². The lowest BCUT2D eigenvalue weighted by atomic mass is 10.0. The molecular weight excluding hydrogens is 280 g/mol. The third-order valence-electron chi connectivity index (χ3n) is 3.80. The third-order valence-corrected chi connectivity index (χ3v) is 3.80. The molecule has 0 aliphatic carbocycles. The van der Waals surface area contributed by atoms with Gasteiger partial charge in [-0.3, -0.25) is 14.9 Å². The minimum Gasteiger partial charge on any atom is -0.371 e. The van der Waals surface area contributed by atoms with E-state index in [4.69, 9.17) is 4.74 Å². The summed E-state index contributed by atoms with van der Waals surface area (Å²) < 4.78 is 5.75. The summed E-state index contributed by atoms with van der Waals surface area (Å²) in [5.41, 5.74) is 2.40. The van der Waals surface area contributed by atoms with Crippen molar-refractivity contribution in [2.75, 3.05) is 6.61 Å². The molecule has 0 radical (unpaired) electrons. The van der Waals surface area contributed by atoms with Crippen LogP contribution in [0, 0.1) is 0 Å². The lowest BCUT2D eigenvalue weighted by Gasteiger charge is -2.19. The van der Waals surface area contributed by atoms with Gasteiger partial charge in [-0.05, 0) is 25.0 Å². The summed E-state index contributed by atoms with van der Waals surface area (Å²) in [7, 11) is 0. The highest BCUT2D eigenvalue weighted by Gasteiger charge is 2.31. The molecule has 2 aromatic heterocycles. The minimum absolute atomic E-state index is 0.0528. The van der Waals surface area contributed by atoms with Gasteiger partial charge in [-0.1, -0.05) is 19.4 Å². The number of aryl methyl sites for hydroxylation is 1. The molecule has 6 heteroatoms. The van der Waals surface area contributed by atoms with Crippen LogP contribution < -0.4 is 5.32 Å². The van der Waals surface area contributed by atoms with Gasteiger partial charge in [-0.25, -0.2) is 0 Å². The van der Waals surface area contributed by atoms with Crippen LogP contribution in [0.1, 0.15) is 47.6 Å². The van der Waals surface area contributed by atoms with Crippen LogP contribution >= 0.6 is 0 Å². The third kappa shape index (κ3) is 3.17. The normalized spacial score (nSPS) is 21.0. The predicted octanol–water partition coefficient (Wildman–Crippen LogP) is 2.02. The second-order valence-corrected chi connectivity index (χ2v) is 5.47. The molecule has 0 unspecified atom stereocenters. The quantitative estimate of drug-likeness (QED) is 0.885. The number of aromatic amines is 1. The van der Waals surface area contributed by atoms with Crippen LogP contribution in [-0.2, 0) is 11.2 Å². The van der Waals surface area contributed by atoms with E-state index in [1.807, 2.05) is 18.2 Å². The lowest BCUT2D eigenvalue weighted by Crippen LogP contribution is -2.37. The molecular formula is C16H20N4O2. The Morgan fingerprint density at radius 1 is 1.55 bits per heavy atom. The Kier molecular flexibility index (Phi) is 4.48. The van der Waals surface area contributed by atoms with Gasteiger partial charge in [-0.2, -0.15) is 5.10 Å². The predicted molar refractivity (Wildman–Crippen MR) is 81.4 cm³/mol. The first kappa shape index (κ1) is 14.7. The lowest BCUT2D eigenvalue weighted by molar-refractivity contribution is 0.0817. The van der Waals surface area contributed by atoms with Crippen LogP contribution in [-0.4, -0.2) is 33.7 Å². The van der Waals surface area contributed by atoms with Crippen LogP contribution in [0.15, 0.2) is 30.6 Å². The Morgan fingerprint density at radius 2 is 2.45 bits per heavy atom. The summed E-state index contributed by atoms with van der Waals surface area (Å²) in [6.07, 6.45) is 6.06. The van der Waals surface area contributed by atoms with Crippen molar-refractivity contribution >= 4 is 5.91 Å². The molecule has 2 N–H and O–H groups in total. The van der Waals surface area contributed by atoms with Gasteiger partial charge in [0.1, 0.15) is 11.8 Å². The van der Waals surface area contributed by atoms with E-state index in [1.165, 1.54) is 0 Å².